The average molecular weight is 139 g/mol. The highest BCUT2D eigenvalue weighted by Crippen LogP contribution is 2.16. The van der Waals surface area contributed by atoms with Crippen molar-refractivity contribution in [3.63, 3.8) is 0 Å². The first kappa shape index (κ1) is 7.19. The van der Waals surface area contributed by atoms with Crippen LogP contribution in [0.1, 0.15) is 13.3 Å². The standard InChI is InChI=1S/C8H13NO/c1-3-10-8-6-4-5-7(8)9-2/h4,6,9H,3,5H2,1-2H3. The fraction of sp³-hybridized carbons (Fsp3) is 0.500. The van der Waals surface area contributed by atoms with Gasteiger partial charge in [-0.25, -0.2) is 0 Å². The molecule has 2 heteroatoms. The number of hydrogen-bond donors (Lipinski definition) is 1. The Bertz CT molecular complexity index is 170. The minimum Gasteiger partial charge on any atom is -0.492 e. The van der Waals surface area contributed by atoms with Crippen LogP contribution in [0.2, 0.25) is 0 Å². The molecular formula is C8H13NO. The van der Waals surface area contributed by atoms with Crippen LogP contribution in [0.15, 0.2) is 23.6 Å². The Morgan fingerprint density at radius 2 is 2.50 bits per heavy atom. The van der Waals surface area contributed by atoms with Crippen molar-refractivity contribution in [1.82, 2.24) is 5.32 Å². The van der Waals surface area contributed by atoms with E-state index in [1.165, 1.54) is 5.70 Å². The summed E-state index contributed by atoms with van der Waals surface area (Å²) in [5, 5.41) is 3.09. The minimum atomic E-state index is 0.741. The Kier molecular flexibility index (Phi) is 2.37. The number of allylic oxidation sites excluding steroid dienone is 2. The third kappa shape index (κ3) is 1.32. The van der Waals surface area contributed by atoms with Crippen molar-refractivity contribution in [2.45, 2.75) is 13.3 Å². The van der Waals surface area contributed by atoms with Crippen LogP contribution in [0.25, 0.3) is 0 Å². The van der Waals surface area contributed by atoms with Gasteiger partial charge < -0.3 is 10.1 Å². The molecular weight excluding hydrogens is 126 g/mol. The number of hydrogen-bond acceptors (Lipinski definition) is 2. The molecule has 0 amide bonds. The maximum atomic E-state index is 5.34. The summed E-state index contributed by atoms with van der Waals surface area (Å²) < 4.78 is 5.34. The van der Waals surface area contributed by atoms with E-state index in [-0.39, 0.29) is 0 Å². The van der Waals surface area contributed by atoms with Crippen LogP contribution in [0, 0.1) is 0 Å². The fourth-order valence-corrected chi connectivity index (χ4v) is 1.00. The zero-order chi connectivity index (χ0) is 7.40. The van der Waals surface area contributed by atoms with Gasteiger partial charge in [0.2, 0.25) is 0 Å². The molecule has 1 aliphatic rings. The molecule has 0 spiro atoms. The van der Waals surface area contributed by atoms with Gasteiger partial charge in [0.05, 0.1) is 12.3 Å². The second-order valence-corrected chi connectivity index (χ2v) is 2.13. The normalized spacial score (nSPS) is 16.2. The van der Waals surface area contributed by atoms with Crippen molar-refractivity contribution in [2.24, 2.45) is 0 Å². The van der Waals surface area contributed by atoms with Crippen LogP contribution in [0.5, 0.6) is 0 Å². The van der Waals surface area contributed by atoms with Crippen molar-refractivity contribution in [2.75, 3.05) is 13.7 Å². The lowest BCUT2D eigenvalue weighted by Crippen LogP contribution is -2.06. The van der Waals surface area contributed by atoms with Crippen molar-refractivity contribution < 1.29 is 4.74 Å². The Morgan fingerprint density at radius 1 is 1.70 bits per heavy atom. The summed E-state index contributed by atoms with van der Waals surface area (Å²) in [5.74, 6) is 0.991. The van der Waals surface area contributed by atoms with Crippen LogP contribution in [-0.4, -0.2) is 13.7 Å². The van der Waals surface area contributed by atoms with Gasteiger partial charge >= 0.3 is 0 Å². The Morgan fingerprint density at radius 3 is 3.10 bits per heavy atom. The lowest BCUT2D eigenvalue weighted by molar-refractivity contribution is 0.238. The van der Waals surface area contributed by atoms with Crippen LogP contribution in [0.4, 0.5) is 0 Å². The van der Waals surface area contributed by atoms with E-state index in [0.717, 1.165) is 18.8 Å². The van der Waals surface area contributed by atoms with E-state index in [1.54, 1.807) is 0 Å². The molecule has 0 saturated heterocycles. The Labute approximate surface area is 61.6 Å². The monoisotopic (exact) mass is 139 g/mol. The highest BCUT2D eigenvalue weighted by atomic mass is 16.5. The van der Waals surface area contributed by atoms with Gasteiger partial charge in [-0.15, -0.1) is 0 Å². The smallest absolute Gasteiger partial charge is 0.138 e. The maximum Gasteiger partial charge on any atom is 0.138 e. The number of rotatable bonds is 3. The topological polar surface area (TPSA) is 21.3 Å². The first-order valence-corrected chi connectivity index (χ1v) is 3.58. The SMILES string of the molecule is CCOC1=C(NC)CC=C1. The van der Waals surface area contributed by atoms with Gasteiger partial charge in [-0.3, -0.25) is 0 Å². The fourth-order valence-electron chi connectivity index (χ4n) is 1.00. The van der Waals surface area contributed by atoms with Gasteiger partial charge in [0.15, 0.2) is 0 Å². The molecule has 0 fully saturated rings. The lowest BCUT2D eigenvalue weighted by atomic mass is 10.4. The molecule has 0 aliphatic heterocycles. The van der Waals surface area contributed by atoms with Crippen LogP contribution < -0.4 is 5.32 Å². The molecule has 1 N–H and O–H groups in total. The summed E-state index contributed by atoms with van der Waals surface area (Å²) in [6.45, 7) is 2.73. The van der Waals surface area contributed by atoms with Crippen LogP contribution >= 0.6 is 0 Å². The van der Waals surface area contributed by atoms with E-state index in [2.05, 4.69) is 11.4 Å². The van der Waals surface area contributed by atoms with Crippen molar-refractivity contribution in [3.05, 3.63) is 23.6 Å². The Hall–Kier alpha value is -0.920. The molecule has 0 radical (unpaired) electrons. The number of nitrogens with one attached hydrogen (secondary N) is 1. The Balaban J connectivity index is 2.57. The molecule has 0 bridgehead atoms. The minimum absolute atomic E-state index is 0.741. The van der Waals surface area contributed by atoms with Gasteiger partial charge in [0.25, 0.3) is 0 Å². The summed E-state index contributed by atoms with van der Waals surface area (Å²) in [5.41, 5.74) is 1.18. The van der Waals surface area contributed by atoms with Crippen molar-refractivity contribution >= 4 is 0 Å². The molecule has 1 aliphatic carbocycles. The van der Waals surface area contributed by atoms with Gasteiger partial charge in [-0.05, 0) is 13.0 Å². The van der Waals surface area contributed by atoms with Crippen molar-refractivity contribution in [1.29, 1.82) is 0 Å². The molecule has 2 nitrogen and oxygen atoms in total. The zero-order valence-electron chi connectivity index (χ0n) is 6.48. The summed E-state index contributed by atoms with van der Waals surface area (Å²) in [6, 6.07) is 0. The third-order valence-electron chi connectivity index (χ3n) is 1.49. The van der Waals surface area contributed by atoms with E-state index < -0.39 is 0 Å². The molecule has 0 unspecified atom stereocenters. The van der Waals surface area contributed by atoms with Gasteiger partial charge in [-0.1, -0.05) is 6.08 Å². The maximum absolute atomic E-state index is 5.34. The second-order valence-electron chi connectivity index (χ2n) is 2.13. The molecule has 0 aromatic rings. The predicted octanol–water partition coefficient (Wildman–Crippen LogP) is 1.41. The molecule has 1 rings (SSSR count). The van der Waals surface area contributed by atoms with Gasteiger partial charge in [0, 0.05) is 13.5 Å². The van der Waals surface area contributed by atoms with E-state index >= 15 is 0 Å². The molecule has 0 aromatic heterocycles. The van der Waals surface area contributed by atoms with Gasteiger partial charge in [0.1, 0.15) is 5.76 Å². The first-order valence-electron chi connectivity index (χ1n) is 3.58. The van der Waals surface area contributed by atoms with E-state index in [1.807, 2.05) is 20.0 Å². The van der Waals surface area contributed by atoms with Gasteiger partial charge in [-0.2, -0.15) is 0 Å². The molecule has 10 heavy (non-hydrogen) atoms. The lowest BCUT2D eigenvalue weighted by Gasteiger charge is -2.05. The van der Waals surface area contributed by atoms with Crippen LogP contribution in [0.3, 0.4) is 0 Å². The summed E-state index contributed by atoms with van der Waals surface area (Å²) in [4.78, 5) is 0. The van der Waals surface area contributed by atoms with Crippen LogP contribution in [-0.2, 0) is 4.74 Å². The molecule has 56 valence electrons. The second kappa shape index (κ2) is 3.30. The predicted molar refractivity (Wildman–Crippen MR) is 41.5 cm³/mol. The zero-order valence-corrected chi connectivity index (χ0v) is 6.48. The summed E-state index contributed by atoms with van der Waals surface area (Å²) in [6.07, 6.45) is 5.08. The number of ether oxygens (including phenoxy) is 1. The largest absolute Gasteiger partial charge is 0.492 e. The summed E-state index contributed by atoms with van der Waals surface area (Å²) in [7, 11) is 1.92. The quantitative estimate of drug-likeness (QED) is 0.638. The molecule has 0 heterocycles. The van der Waals surface area contributed by atoms with E-state index in [9.17, 15) is 0 Å². The van der Waals surface area contributed by atoms with Crippen molar-refractivity contribution in [3.8, 4) is 0 Å². The molecule has 0 aromatic carbocycles. The first-order chi connectivity index (χ1) is 4.88. The third-order valence-corrected chi connectivity index (χ3v) is 1.49. The molecule has 0 saturated carbocycles. The highest BCUT2D eigenvalue weighted by Gasteiger charge is 2.06. The molecule has 0 atom stereocenters. The van der Waals surface area contributed by atoms with E-state index in [0.29, 0.717) is 0 Å². The summed E-state index contributed by atoms with van der Waals surface area (Å²) >= 11 is 0. The highest BCUT2D eigenvalue weighted by molar-refractivity contribution is 5.27. The van der Waals surface area contributed by atoms with E-state index in [4.69, 9.17) is 4.74 Å². The average Bonchev–Trinajstić information content (AvgIpc) is 2.36.